The van der Waals surface area contributed by atoms with Crippen molar-refractivity contribution in [2.45, 2.75) is 13.8 Å². The summed E-state index contributed by atoms with van der Waals surface area (Å²) in [5.74, 6) is 1.22. The van der Waals surface area contributed by atoms with E-state index < -0.39 is 0 Å². The van der Waals surface area contributed by atoms with E-state index in [4.69, 9.17) is 14.9 Å². The molecule has 0 atom stereocenters. The number of hydrogen-bond donors (Lipinski definition) is 0. The zero-order chi connectivity index (χ0) is 10.4. The highest BCUT2D eigenvalue weighted by atomic mass is 16.5. The van der Waals surface area contributed by atoms with Gasteiger partial charge in [0.15, 0.2) is 4.98 Å². The van der Waals surface area contributed by atoms with Crippen LogP contribution in [-0.4, -0.2) is 13.2 Å². The van der Waals surface area contributed by atoms with E-state index in [0.717, 1.165) is 0 Å². The second-order valence-corrected chi connectivity index (χ2v) is 2.60. The molecular weight excluding hydrogens is 180 g/mol. The van der Waals surface area contributed by atoms with Crippen LogP contribution in [0.1, 0.15) is 13.8 Å². The van der Waals surface area contributed by atoms with Crippen LogP contribution in [0, 0.1) is 5.39 Å². The maximum absolute atomic E-state index is 8.73. The van der Waals surface area contributed by atoms with Crippen LogP contribution >= 0.6 is 0 Å². The van der Waals surface area contributed by atoms with Gasteiger partial charge in [0.2, 0.25) is 11.1 Å². The van der Waals surface area contributed by atoms with Gasteiger partial charge in [0, 0.05) is 0 Å². The van der Waals surface area contributed by atoms with Crippen molar-refractivity contribution >= 4 is 5.69 Å². The third-order valence-electron chi connectivity index (χ3n) is 1.65. The number of benzene rings is 1. The molecule has 0 unspecified atom stereocenters. The average Bonchev–Trinajstić information content (AvgIpc) is 2.21. The largest absolute Gasteiger partial charge is 0.494 e. The summed E-state index contributed by atoms with van der Waals surface area (Å²) in [7, 11) is 0. The molecule has 4 heteroatoms. The first-order valence-electron chi connectivity index (χ1n) is 4.56. The van der Waals surface area contributed by atoms with Crippen LogP contribution in [0.5, 0.6) is 11.5 Å². The maximum Gasteiger partial charge on any atom is 0.429 e. The number of hydrogen-bond acceptors (Lipinski definition) is 3. The maximum atomic E-state index is 8.73. The molecule has 1 aromatic carbocycles. The van der Waals surface area contributed by atoms with Crippen LogP contribution in [0.25, 0.3) is 4.98 Å². The first kappa shape index (κ1) is 10.3. The summed E-state index contributed by atoms with van der Waals surface area (Å²) in [6.45, 7) is 4.89. The Bertz CT molecular complexity index is 344. The van der Waals surface area contributed by atoms with Gasteiger partial charge in [-0.3, -0.25) is 0 Å². The molecule has 0 aliphatic heterocycles. The predicted octanol–water partition coefficient (Wildman–Crippen LogP) is 2.97. The van der Waals surface area contributed by atoms with Crippen molar-refractivity contribution in [2.24, 2.45) is 0 Å². The lowest BCUT2D eigenvalue weighted by molar-refractivity contribution is 0.332. The number of diazo groups is 1. The van der Waals surface area contributed by atoms with Gasteiger partial charge in [0.25, 0.3) is 0 Å². The van der Waals surface area contributed by atoms with Crippen LogP contribution in [-0.2, 0) is 0 Å². The standard InChI is InChI=1S/C10H13N2O2/c1-3-13-8-5-6-10(14-4-2)9(7-8)12-11/h5-7H,3-4H2,1-2H3/q+1. The highest BCUT2D eigenvalue weighted by Gasteiger charge is 2.15. The summed E-state index contributed by atoms with van der Waals surface area (Å²) in [4.78, 5) is 3.13. The molecule has 0 saturated heterocycles. The molecule has 0 heterocycles. The molecule has 74 valence electrons. The Morgan fingerprint density at radius 2 is 1.93 bits per heavy atom. The van der Waals surface area contributed by atoms with Crippen molar-refractivity contribution in [1.29, 1.82) is 5.39 Å². The Balaban J connectivity index is 2.94. The monoisotopic (exact) mass is 193 g/mol. The molecule has 0 saturated carbocycles. The fourth-order valence-electron chi connectivity index (χ4n) is 1.11. The van der Waals surface area contributed by atoms with E-state index in [-0.39, 0.29) is 0 Å². The summed E-state index contributed by atoms with van der Waals surface area (Å²) >= 11 is 0. The summed E-state index contributed by atoms with van der Waals surface area (Å²) in [6, 6.07) is 5.14. The van der Waals surface area contributed by atoms with Crippen LogP contribution < -0.4 is 9.47 Å². The van der Waals surface area contributed by atoms with Gasteiger partial charge in [-0.05, 0) is 26.0 Å². The molecule has 0 amide bonds. The molecule has 1 aromatic rings. The zero-order valence-corrected chi connectivity index (χ0v) is 8.36. The summed E-state index contributed by atoms with van der Waals surface area (Å²) < 4.78 is 10.5. The van der Waals surface area contributed by atoms with E-state index >= 15 is 0 Å². The molecule has 1 rings (SSSR count). The van der Waals surface area contributed by atoms with E-state index in [1.54, 1.807) is 18.2 Å². The van der Waals surface area contributed by atoms with Gasteiger partial charge < -0.3 is 9.47 Å². The summed E-state index contributed by atoms with van der Waals surface area (Å²) in [5, 5.41) is 8.73. The molecule has 0 radical (unpaired) electrons. The third kappa shape index (κ3) is 2.36. The van der Waals surface area contributed by atoms with Crippen LogP contribution in [0.3, 0.4) is 0 Å². The lowest BCUT2D eigenvalue weighted by Crippen LogP contribution is -1.93. The van der Waals surface area contributed by atoms with Gasteiger partial charge in [-0.15, -0.1) is 0 Å². The lowest BCUT2D eigenvalue weighted by Gasteiger charge is -2.03. The van der Waals surface area contributed by atoms with E-state index in [1.807, 2.05) is 13.8 Å². The molecule has 0 N–H and O–H groups in total. The number of ether oxygens (including phenoxy) is 2. The predicted molar refractivity (Wildman–Crippen MR) is 53.5 cm³/mol. The Morgan fingerprint density at radius 3 is 2.50 bits per heavy atom. The summed E-state index contributed by atoms with van der Waals surface area (Å²) in [5.41, 5.74) is 0.387. The van der Waals surface area contributed by atoms with Crippen molar-refractivity contribution in [3.63, 3.8) is 0 Å². The number of nitrogens with zero attached hydrogens (tertiary/aromatic N) is 2. The van der Waals surface area contributed by atoms with Crippen molar-refractivity contribution < 1.29 is 9.47 Å². The van der Waals surface area contributed by atoms with Gasteiger partial charge in [-0.2, -0.15) is 0 Å². The minimum atomic E-state index is 0.387. The van der Waals surface area contributed by atoms with Gasteiger partial charge in [0.1, 0.15) is 5.75 Å². The lowest BCUT2D eigenvalue weighted by atomic mass is 10.3. The molecule has 4 nitrogen and oxygen atoms in total. The molecule has 0 aromatic heterocycles. The highest BCUT2D eigenvalue weighted by molar-refractivity contribution is 5.60. The Kier molecular flexibility index (Phi) is 3.74. The zero-order valence-electron chi connectivity index (χ0n) is 8.36. The second kappa shape index (κ2) is 5.07. The minimum absolute atomic E-state index is 0.387. The molecule has 0 bridgehead atoms. The molecule has 14 heavy (non-hydrogen) atoms. The van der Waals surface area contributed by atoms with E-state index in [2.05, 4.69) is 4.98 Å². The molecule has 0 aliphatic carbocycles. The first-order chi connectivity index (χ1) is 6.81. The smallest absolute Gasteiger partial charge is 0.429 e. The highest BCUT2D eigenvalue weighted by Crippen LogP contribution is 2.31. The van der Waals surface area contributed by atoms with E-state index in [9.17, 15) is 0 Å². The van der Waals surface area contributed by atoms with E-state index in [0.29, 0.717) is 30.4 Å². The van der Waals surface area contributed by atoms with Crippen LogP contribution in [0.4, 0.5) is 5.69 Å². The molecule has 0 aliphatic rings. The average molecular weight is 193 g/mol. The Labute approximate surface area is 83.1 Å². The molecule has 0 fully saturated rings. The van der Waals surface area contributed by atoms with Crippen molar-refractivity contribution in [1.82, 2.24) is 0 Å². The quantitative estimate of drug-likeness (QED) is 0.690. The van der Waals surface area contributed by atoms with Crippen molar-refractivity contribution in [3.05, 3.63) is 23.2 Å². The second-order valence-electron chi connectivity index (χ2n) is 2.60. The van der Waals surface area contributed by atoms with Gasteiger partial charge in [-0.1, -0.05) is 0 Å². The van der Waals surface area contributed by atoms with Crippen LogP contribution in [0.15, 0.2) is 18.2 Å². The van der Waals surface area contributed by atoms with E-state index in [1.165, 1.54) is 0 Å². The minimum Gasteiger partial charge on any atom is -0.494 e. The fourth-order valence-corrected chi connectivity index (χ4v) is 1.11. The number of rotatable bonds is 4. The fraction of sp³-hybridized carbons (Fsp3) is 0.400. The van der Waals surface area contributed by atoms with Crippen molar-refractivity contribution in [2.75, 3.05) is 13.2 Å². The molecule has 0 spiro atoms. The topological polar surface area (TPSA) is 46.6 Å². The van der Waals surface area contributed by atoms with Crippen molar-refractivity contribution in [3.8, 4) is 11.5 Å². The Hall–Kier alpha value is -1.76. The SMILES string of the molecule is CCOc1ccc(OCC)c([N+]#N)c1. The third-order valence-corrected chi connectivity index (χ3v) is 1.65. The van der Waals surface area contributed by atoms with Gasteiger partial charge in [-0.25, -0.2) is 0 Å². The normalized spacial score (nSPS) is 9.21. The van der Waals surface area contributed by atoms with Gasteiger partial charge in [0.05, 0.1) is 19.3 Å². The summed E-state index contributed by atoms with van der Waals surface area (Å²) in [6.07, 6.45) is 0. The Morgan fingerprint density at radius 1 is 1.21 bits per heavy atom. The van der Waals surface area contributed by atoms with Crippen LogP contribution in [0.2, 0.25) is 0 Å². The first-order valence-corrected chi connectivity index (χ1v) is 4.56. The van der Waals surface area contributed by atoms with Gasteiger partial charge >= 0.3 is 5.69 Å². The molecular formula is C10H13N2O2+.